The highest BCUT2D eigenvalue weighted by Crippen LogP contribution is 2.41. The Bertz CT molecular complexity index is 1560. The highest BCUT2D eigenvalue weighted by atomic mass is 16.5. The molecule has 5 rings (SSSR count). The molecular formula is C28H25N3O6. The van der Waals surface area contributed by atoms with Gasteiger partial charge in [0, 0.05) is 11.9 Å². The molecule has 2 heterocycles. The highest BCUT2D eigenvalue weighted by Gasteiger charge is 2.34. The van der Waals surface area contributed by atoms with E-state index in [-0.39, 0.29) is 22.4 Å². The average Bonchev–Trinajstić information content (AvgIpc) is 2.93. The molecule has 0 saturated carbocycles. The minimum atomic E-state index is -1.27. The molecule has 0 aliphatic carbocycles. The van der Waals surface area contributed by atoms with Crippen molar-refractivity contribution in [3.8, 4) is 11.5 Å². The number of nitrogens with zero attached hydrogens (tertiary/aromatic N) is 3. The summed E-state index contributed by atoms with van der Waals surface area (Å²) >= 11 is 0. The lowest BCUT2D eigenvalue weighted by Crippen LogP contribution is -2.44. The summed E-state index contributed by atoms with van der Waals surface area (Å²) in [5, 5.41) is 14.2. The molecule has 1 atom stereocenters. The van der Waals surface area contributed by atoms with Crippen molar-refractivity contribution in [1.29, 1.82) is 0 Å². The van der Waals surface area contributed by atoms with Crippen molar-refractivity contribution < 1.29 is 24.2 Å². The van der Waals surface area contributed by atoms with E-state index in [1.165, 1.54) is 12.1 Å². The van der Waals surface area contributed by atoms with Crippen LogP contribution in [0.1, 0.15) is 33.2 Å². The van der Waals surface area contributed by atoms with Gasteiger partial charge in [0.25, 0.3) is 5.56 Å². The van der Waals surface area contributed by atoms with Crippen molar-refractivity contribution in [3.63, 3.8) is 0 Å². The fourth-order valence-corrected chi connectivity index (χ4v) is 4.93. The highest BCUT2D eigenvalue weighted by molar-refractivity contribution is 6.01. The number of carboxylic acids is 1. The van der Waals surface area contributed by atoms with E-state index in [0.717, 1.165) is 21.4 Å². The maximum Gasteiger partial charge on any atom is 0.357 e. The molecule has 0 bridgehead atoms. The van der Waals surface area contributed by atoms with Crippen molar-refractivity contribution in [3.05, 3.63) is 99.5 Å². The number of amides is 1. The van der Waals surface area contributed by atoms with Crippen molar-refractivity contribution in [2.45, 2.75) is 19.0 Å². The van der Waals surface area contributed by atoms with Gasteiger partial charge >= 0.3 is 5.97 Å². The van der Waals surface area contributed by atoms with Gasteiger partial charge in [-0.1, -0.05) is 48.5 Å². The number of ether oxygens (including phenoxy) is 2. The summed E-state index contributed by atoms with van der Waals surface area (Å²) in [5.74, 6) is -0.459. The SMILES string of the molecule is COc1cc2c(cc1OC)[C@@H](c1ccccc1)N(C(=O)Cn1nc(C(=O)O)c3ccccc3c1=O)CC2. The summed E-state index contributed by atoms with van der Waals surface area (Å²) in [5.41, 5.74) is 2.03. The Morgan fingerprint density at radius 1 is 0.973 bits per heavy atom. The van der Waals surface area contributed by atoms with Crippen LogP contribution >= 0.6 is 0 Å². The molecule has 4 aromatic rings. The van der Waals surface area contributed by atoms with Gasteiger partial charge in [0.1, 0.15) is 6.54 Å². The summed E-state index contributed by atoms with van der Waals surface area (Å²) in [6, 6.07) is 19.3. The molecule has 0 radical (unpaired) electrons. The lowest BCUT2D eigenvalue weighted by atomic mass is 9.87. The van der Waals surface area contributed by atoms with Crippen molar-refractivity contribution in [2.24, 2.45) is 0 Å². The van der Waals surface area contributed by atoms with Gasteiger partial charge in [-0.2, -0.15) is 5.10 Å². The first-order valence-electron chi connectivity index (χ1n) is 11.7. The van der Waals surface area contributed by atoms with Gasteiger partial charge in [-0.05, 0) is 41.3 Å². The lowest BCUT2D eigenvalue weighted by Gasteiger charge is -2.38. The van der Waals surface area contributed by atoms with Gasteiger partial charge in [0.15, 0.2) is 17.2 Å². The van der Waals surface area contributed by atoms with Gasteiger partial charge in [-0.25, -0.2) is 9.48 Å². The quantitative estimate of drug-likeness (QED) is 0.433. The number of benzene rings is 3. The Kier molecular flexibility index (Phi) is 6.35. The second kappa shape index (κ2) is 9.77. The van der Waals surface area contributed by atoms with E-state index >= 15 is 0 Å². The molecule has 0 fully saturated rings. The van der Waals surface area contributed by atoms with Crippen molar-refractivity contribution in [2.75, 3.05) is 20.8 Å². The van der Waals surface area contributed by atoms with Crippen LogP contribution in [0.15, 0.2) is 71.5 Å². The first-order chi connectivity index (χ1) is 17.9. The Hall–Kier alpha value is -4.66. The summed E-state index contributed by atoms with van der Waals surface area (Å²) in [4.78, 5) is 40.4. The number of hydrogen-bond donors (Lipinski definition) is 1. The van der Waals surface area contributed by atoms with E-state index in [1.807, 2.05) is 42.5 Å². The molecule has 1 aliphatic heterocycles. The first-order valence-corrected chi connectivity index (χ1v) is 11.7. The minimum absolute atomic E-state index is 0.197. The smallest absolute Gasteiger partial charge is 0.357 e. The van der Waals surface area contributed by atoms with Crippen LogP contribution in [0.2, 0.25) is 0 Å². The molecule has 0 saturated heterocycles. The van der Waals surface area contributed by atoms with Gasteiger partial charge < -0.3 is 19.5 Å². The van der Waals surface area contributed by atoms with E-state index in [0.29, 0.717) is 24.5 Å². The Balaban J connectivity index is 1.58. The molecule has 3 aromatic carbocycles. The fourth-order valence-electron chi connectivity index (χ4n) is 4.93. The van der Waals surface area contributed by atoms with E-state index in [1.54, 1.807) is 31.3 Å². The van der Waals surface area contributed by atoms with Crippen LogP contribution in [0, 0.1) is 0 Å². The molecule has 1 amide bonds. The van der Waals surface area contributed by atoms with E-state index in [2.05, 4.69) is 5.10 Å². The molecule has 188 valence electrons. The average molecular weight is 500 g/mol. The van der Waals surface area contributed by atoms with Crippen LogP contribution in [0.25, 0.3) is 10.8 Å². The van der Waals surface area contributed by atoms with Gasteiger partial charge in [0.2, 0.25) is 5.91 Å². The van der Waals surface area contributed by atoms with Crippen LogP contribution in [0.3, 0.4) is 0 Å². The third-order valence-corrected chi connectivity index (χ3v) is 6.66. The Morgan fingerprint density at radius 2 is 1.62 bits per heavy atom. The number of rotatable bonds is 6. The number of carboxylic acid groups (broad SMARTS) is 1. The number of aromatic nitrogens is 2. The van der Waals surface area contributed by atoms with E-state index in [4.69, 9.17) is 9.47 Å². The number of aromatic carboxylic acids is 1. The van der Waals surface area contributed by atoms with Gasteiger partial charge in [0.05, 0.1) is 25.6 Å². The van der Waals surface area contributed by atoms with Crippen LogP contribution in [0.5, 0.6) is 11.5 Å². The molecule has 37 heavy (non-hydrogen) atoms. The zero-order valence-corrected chi connectivity index (χ0v) is 20.4. The topological polar surface area (TPSA) is 111 Å². The van der Waals surface area contributed by atoms with Crippen LogP contribution in [0.4, 0.5) is 0 Å². The van der Waals surface area contributed by atoms with E-state index in [9.17, 15) is 19.5 Å². The second-order valence-corrected chi connectivity index (χ2v) is 8.72. The molecular weight excluding hydrogens is 474 g/mol. The van der Waals surface area contributed by atoms with Gasteiger partial charge in [-0.3, -0.25) is 9.59 Å². The molecule has 1 N–H and O–H groups in total. The monoisotopic (exact) mass is 499 g/mol. The van der Waals surface area contributed by atoms with Crippen LogP contribution in [-0.4, -0.2) is 52.4 Å². The fraction of sp³-hybridized carbons (Fsp3) is 0.214. The van der Waals surface area contributed by atoms with Gasteiger partial charge in [-0.15, -0.1) is 0 Å². The summed E-state index contributed by atoms with van der Waals surface area (Å²) in [6.45, 7) is 0.00486. The van der Waals surface area contributed by atoms with Crippen molar-refractivity contribution in [1.82, 2.24) is 14.7 Å². The Labute approximate surface area is 212 Å². The second-order valence-electron chi connectivity index (χ2n) is 8.72. The maximum atomic E-state index is 13.7. The maximum absolute atomic E-state index is 13.7. The molecule has 9 nitrogen and oxygen atoms in total. The molecule has 0 spiro atoms. The third kappa shape index (κ3) is 4.29. The zero-order chi connectivity index (χ0) is 26.1. The lowest BCUT2D eigenvalue weighted by molar-refractivity contribution is -0.134. The van der Waals surface area contributed by atoms with Crippen LogP contribution in [-0.2, 0) is 17.8 Å². The predicted molar refractivity (Wildman–Crippen MR) is 136 cm³/mol. The molecule has 0 unspecified atom stereocenters. The Morgan fingerprint density at radius 3 is 2.30 bits per heavy atom. The van der Waals surface area contributed by atoms with E-state index < -0.39 is 24.1 Å². The number of hydrogen-bond acceptors (Lipinski definition) is 6. The normalized spacial score (nSPS) is 14.8. The minimum Gasteiger partial charge on any atom is -0.493 e. The zero-order valence-electron chi connectivity index (χ0n) is 20.4. The molecule has 1 aliphatic rings. The number of carbonyl (C=O) groups excluding carboxylic acids is 1. The third-order valence-electron chi connectivity index (χ3n) is 6.66. The van der Waals surface area contributed by atoms with Crippen molar-refractivity contribution >= 4 is 22.6 Å². The molecule has 1 aromatic heterocycles. The number of methoxy groups -OCH3 is 2. The summed E-state index contributed by atoms with van der Waals surface area (Å²) in [6.07, 6.45) is 0.575. The number of fused-ring (bicyclic) bond motifs is 2. The van der Waals surface area contributed by atoms with Crippen LogP contribution < -0.4 is 15.0 Å². The predicted octanol–water partition coefficient (Wildman–Crippen LogP) is 3.29. The standard InChI is InChI=1S/C28H25N3O6/c1-36-22-14-18-12-13-30(26(17-8-4-3-5-9-17)21(18)15-23(22)37-2)24(32)16-31-27(33)20-11-7-6-10-19(20)25(29-31)28(34)35/h3-11,14-15,26H,12-13,16H2,1-2H3,(H,34,35)/t26-/m1/s1. The molecule has 9 heteroatoms. The largest absolute Gasteiger partial charge is 0.493 e. The first kappa shape index (κ1) is 24.1. The summed E-state index contributed by atoms with van der Waals surface area (Å²) in [7, 11) is 3.14. The number of carbonyl (C=O) groups is 2. The summed E-state index contributed by atoms with van der Waals surface area (Å²) < 4.78 is 12.0.